The molecule has 0 saturated carbocycles. The summed E-state index contributed by atoms with van der Waals surface area (Å²) in [5.41, 5.74) is 1.66. The van der Waals surface area contributed by atoms with Crippen molar-refractivity contribution in [2.24, 2.45) is 0 Å². The molecule has 1 aromatic heterocycles. The third-order valence-corrected chi connectivity index (χ3v) is 4.36. The van der Waals surface area contributed by atoms with E-state index in [1.165, 1.54) is 11.2 Å². The van der Waals surface area contributed by atoms with Gasteiger partial charge in [-0.3, -0.25) is 19.3 Å². The number of hydrogen-bond acceptors (Lipinski definition) is 4. The van der Waals surface area contributed by atoms with Crippen LogP contribution in [-0.4, -0.2) is 35.7 Å². The molecule has 3 rings (SSSR count). The minimum atomic E-state index is -0.388. The molecule has 0 spiro atoms. The Morgan fingerprint density at radius 1 is 0.759 bits per heavy atom. The monoisotopic (exact) mass is 390 g/mol. The molecule has 29 heavy (non-hydrogen) atoms. The van der Waals surface area contributed by atoms with Crippen molar-refractivity contribution in [2.45, 2.75) is 12.8 Å². The predicted molar refractivity (Wildman–Crippen MR) is 108 cm³/mol. The first-order valence-corrected chi connectivity index (χ1v) is 9.36. The molecule has 0 radical (unpaired) electrons. The van der Waals surface area contributed by atoms with E-state index in [9.17, 15) is 14.4 Å². The van der Waals surface area contributed by atoms with E-state index in [2.05, 4.69) is 5.32 Å². The lowest BCUT2D eigenvalue weighted by Crippen LogP contribution is -2.43. The van der Waals surface area contributed by atoms with Crippen LogP contribution in [0.2, 0.25) is 0 Å². The quantitative estimate of drug-likeness (QED) is 0.641. The summed E-state index contributed by atoms with van der Waals surface area (Å²) in [5.74, 6) is -0.808. The number of nitrogens with zero attached hydrogens (tertiary/aromatic N) is 1. The number of imide groups is 1. The molecule has 148 valence electrons. The molecular weight excluding hydrogens is 368 g/mol. The maximum Gasteiger partial charge on any atom is 0.287 e. The van der Waals surface area contributed by atoms with Gasteiger partial charge in [0.05, 0.1) is 19.1 Å². The second-order valence-electron chi connectivity index (χ2n) is 6.50. The van der Waals surface area contributed by atoms with Gasteiger partial charge in [-0.2, -0.15) is 0 Å². The zero-order valence-corrected chi connectivity index (χ0v) is 15.9. The van der Waals surface area contributed by atoms with Crippen molar-refractivity contribution in [3.63, 3.8) is 0 Å². The van der Waals surface area contributed by atoms with Crippen molar-refractivity contribution in [3.8, 4) is 0 Å². The Morgan fingerprint density at radius 3 is 1.79 bits per heavy atom. The highest BCUT2D eigenvalue weighted by molar-refractivity contribution is 5.97. The fraction of sp³-hybridized carbons (Fsp3) is 0.174. The Kier molecular flexibility index (Phi) is 6.95. The minimum absolute atomic E-state index is 0.0871. The number of carbonyl (C=O) groups excluding carboxylic acids is 3. The molecule has 0 aliphatic carbocycles. The zero-order valence-electron chi connectivity index (χ0n) is 15.9. The molecule has 0 unspecified atom stereocenters. The first-order valence-electron chi connectivity index (χ1n) is 9.36. The first kappa shape index (κ1) is 20.1. The van der Waals surface area contributed by atoms with Gasteiger partial charge in [-0.05, 0) is 23.3 Å². The summed E-state index contributed by atoms with van der Waals surface area (Å²) in [6, 6.07) is 21.7. The highest BCUT2D eigenvalue weighted by atomic mass is 16.3. The number of nitrogens with one attached hydrogen (secondary N) is 1. The summed E-state index contributed by atoms with van der Waals surface area (Å²) < 4.78 is 5.05. The smallest absolute Gasteiger partial charge is 0.287 e. The van der Waals surface area contributed by atoms with E-state index < -0.39 is 0 Å². The van der Waals surface area contributed by atoms with Crippen LogP contribution in [0.4, 0.5) is 0 Å². The molecule has 6 nitrogen and oxygen atoms in total. The van der Waals surface area contributed by atoms with Gasteiger partial charge in [0, 0.05) is 13.1 Å². The fourth-order valence-electron chi connectivity index (χ4n) is 2.90. The van der Waals surface area contributed by atoms with Crippen LogP contribution in [0.5, 0.6) is 0 Å². The normalized spacial score (nSPS) is 10.3. The minimum Gasteiger partial charge on any atom is -0.459 e. The first-order chi connectivity index (χ1) is 14.1. The van der Waals surface area contributed by atoms with Crippen LogP contribution in [0, 0.1) is 0 Å². The number of hydrogen-bond donors (Lipinski definition) is 1. The molecule has 6 heteroatoms. The Balaban J connectivity index is 1.65. The second kappa shape index (κ2) is 10.0. The van der Waals surface area contributed by atoms with Gasteiger partial charge in [-0.15, -0.1) is 0 Å². The summed E-state index contributed by atoms with van der Waals surface area (Å²) in [6.45, 7) is 0.227. The molecular formula is C23H22N2O4. The van der Waals surface area contributed by atoms with Crippen LogP contribution >= 0.6 is 0 Å². The summed E-state index contributed by atoms with van der Waals surface area (Å²) in [7, 11) is 0. The van der Waals surface area contributed by atoms with Crippen LogP contribution in [0.3, 0.4) is 0 Å². The molecule has 2 aromatic carbocycles. The number of rotatable bonds is 8. The lowest BCUT2D eigenvalue weighted by molar-refractivity contribution is -0.143. The molecule has 1 N–H and O–H groups in total. The van der Waals surface area contributed by atoms with E-state index in [-0.39, 0.29) is 49.4 Å². The van der Waals surface area contributed by atoms with Crippen LogP contribution in [0.15, 0.2) is 83.5 Å². The van der Waals surface area contributed by atoms with Gasteiger partial charge in [0.2, 0.25) is 11.8 Å². The lowest BCUT2D eigenvalue weighted by atomic mass is 10.1. The van der Waals surface area contributed by atoms with Gasteiger partial charge in [-0.25, -0.2) is 0 Å². The number of furan rings is 1. The molecule has 3 amide bonds. The topological polar surface area (TPSA) is 79.6 Å². The molecule has 0 fully saturated rings. The Labute approximate surface area is 169 Å². The molecule has 0 bridgehead atoms. The molecule has 0 aliphatic heterocycles. The SMILES string of the molecule is O=C(NCCN(C(=O)Cc1ccccc1)C(=O)Cc1ccccc1)c1ccco1. The van der Waals surface area contributed by atoms with E-state index in [0.717, 1.165) is 11.1 Å². The fourth-order valence-corrected chi connectivity index (χ4v) is 2.90. The second-order valence-corrected chi connectivity index (χ2v) is 6.50. The summed E-state index contributed by atoms with van der Waals surface area (Å²) >= 11 is 0. The van der Waals surface area contributed by atoms with Gasteiger partial charge in [0.1, 0.15) is 0 Å². The van der Waals surface area contributed by atoms with E-state index >= 15 is 0 Å². The van der Waals surface area contributed by atoms with Gasteiger partial charge in [0.15, 0.2) is 5.76 Å². The Bertz CT molecular complexity index is 884. The third kappa shape index (κ3) is 5.90. The number of amides is 3. The Morgan fingerprint density at radius 2 is 1.31 bits per heavy atom. The molecule has 0 aliphatic rings. The molecule has 3 aromatic rings. The van der Waals surface area contributed by atoms with Crippen molar-refractivity contribution in [1.29, 1.82) is 0 Å². The average molecular weight is 390 g/mol. The summed E-state index contributed by atoms with van der Waals surface area (Å²) in [6.07, 6.45) is 1.65. The van der Waals surface area contributed by atoms with Gasteiger partial charge < -0.3 is 9.73 Å². The standard InChI is InChI=1S/C23H22N2O4/c26-21(16-18-8-3-1-4-9-18)25(22(27)17-19-10-5-2-6-11-19)14-13-24-23(28)20-12-7-15-29-20/h1-12,15H,13-14,16-17H2,(H,24,28). The molecule has 0 atom stereocenters. The van der Waals surface area contributed by atoms with Crippen LogP contribution < -0.4 is 5.32 Å². The largest absolute Gasteiger partial charge is 0.459 e. The Hall–Kier alpha value is -3.67. The maximum absolute atomic E-state index is 12.8. The molecule has 0 saturated heterocycles. The zero-order chi connectivity index (χ0) is 20.5. The third-order valence-electron chi connectivity index (χ3n) is 4.36. The van der Waals surface area contributed by atoms with Gasteiger partial charge in [0.25, 0.3) is 5.91 Å². The van der Waals surface area contributed by atoms with E-state index in [4.69, 9.17) is 4.42 Å². The van der Waals surface area contributed by atoms with Crippen molar-refractivity contribution in [2.75, 3.05) is 13.1 Å². The van der Waals surface area contributed by atoms with Crippen molar-refractivity contribution in [3.05, 3.63) is 95.9 Å². The van der Waals surface area contributed by atoms with E-state index in [0.29, 0.717) is 0 Å². The van der Waals surface area contributed by atoms with E-state index in [1.807, 2.05) is 60.7 Å². The van der Waals surface area contributed by atoms with Crippen molar-refractivity contribution >= 4 is 17.7 Å². The molecule has 1 heterocycles. The van der Waals surface area contributed by atoms with Crippen LogP contribution in [0.1, 0.15) is 21.7 Å². The van der Waals surface area contributed by atoms with Gasteiger partial charge in [-0.1, -0.05) is 60.7 Å². The predicted octanol–water partition coefficient (Wildman–Crippen LogP) is 2.85. The number of carbonyl (C=O) groups is 3. The van der Waals surface area contributed by atoms with Gasteiger partial charge >= 0.3 is 0 Å². The van der Waals surface area contributed by atoms with Crippen LogP contribution in [-0.2, 0) is 22.4 Å². The van der Waals surface area contributed by atoms with Crippen molar-refractivity contribution in [1.82, 2.24) is 10.2 Å². The van der Waals surface area contributed by atoms with E-state index in [1.54, 1.807) is 12.1 Å². The highest BCUT2D eigenvalue weighted by Crippen LogP contribution is 2.07. The average Bonchev–Trinajstić information content (AvgIpc) is 3.27. The lowest BCUT2D eigenvalue weighted by Gasteiger charge is -2.21. The summed E-state index contributed by atoms with van der Waals surface area (Å²) in [4.78, 5) is 38.9. The highest BCUT2D eigenvalue weighted by Gasteiger charge is 2.22. The maximum atomic E-state index is 12.8. The summed E-state index contributed by atoms with van der Waals surface area (Å²) in [5, 5.41) is 2.67. The van der Waals surface area contributed by atoms with Crippen LogP contribution in [0.25, 0.3) is 0 Å². The number of benzene rings is 2. The van der Waals surface area contributed by atoms with Crippen molar-refractivity contribution < 1.29 is 18.8 Å².